The Morgan fingerprint density at radius 3 is 2.38 bits per heavy atom. The fraction of sp³-hybridized carbons (Fsp3) is 0.593. The number of hydrogen-bond acceptors (Lipinski definition) is 7. The van der Waals surface area contributed by atoms with E-state index in [1.54, 1.807) is 33.2 Å². The third kappa shape index (κ3) is 5.53. The van der Waals surface area contributed by atoms with Crippen LogP contribution in [-0.4, -0.2) is 93.2 Å². The number of methoxy groups -OCH3 is 2. The second kappa shape index (κ2) is 11.9. The van der Waals surface area contributed by atoms with Crippen LogP contribution in [0.5, 0.6) is 11.5 Å². The first kappa shape index (κ1) is 26.8. The highest BCUT2D eigenvalue weighted by Gasteiger charge is 2.39. The number of carbonyl (C=O) groups excluding carboxylic acids is 3. The van der Waals surface area contributed by atoms with Crippen LogP contribution in [0.2, 0.25) is 0 Å². The normalized spacial score (nSPS) is 21.2. The highest BCUT2D eigenvalue weighted by Crippen LogP contribution is 2.40. The number of piperazine rings is 1. The van der Waals surface area contributed by atoms with Gasteiger partial charge in [0.2, 0.25) is 5.91 Å². The van der Waals surface area contributed by atoms with E-state index in [-0.39, 0.29) is 24.5 Å². The number of carbonyl (C=O) groups is 3. The number of esters is 1. The number of benzene rings is 1. The Morgan fingerprint density at radius 1 is 1.05 bits per heavy atom. The van der Waals surface area contributed by atoms with Crippen molar-refractivity contribution in [2.75, 3.05) is 60.6 Å². The van der Waals surface area contributed by atoms with Gasteiger partial charge in [-0.2, -0.15) is 0 Å². The number of hydrogen-bond donors (Lipinski definition) is 1. The quantitative estimate of drug-likeness (QED) is 0.532. The van der Waals surface area contributed by atoms with E-state index in [0.717, 1.165) is 25.7 Å². The van der Waals surface area contributed by atoms with Crippen LogP contribution in [0.4, 0.5) is 4.79 Å². The molecule has 1 saturated carbocycles. The molecule has 0 radical (unpaired) electrons. The van der Waals surface area contributed by atoms with E-state index >= 15 is 0 Å². The van der Waals surface area contributed by atoms with Crippen molar-refractivity contribution in [2.24, 2.45) is 5.92 Å². The van der Waals surface area contributed by atoms with Crippen molar-refractivity contribution in [3.8, 4) is 11.5 Å². The number of nitrogens with zero attached hydrogens (tertiary/aromatic N) is 3. The van der Waals surface area contributed by atoms with Gasteiger partial charge in [0, 0.05) is 56.9 Å². The SMILES string of the molecule is CCOC(=O)C1=C(CN2CCN(C(=O)C3CCCC3)CC2)N(C)C(=O)NC1c1cccc(OC)c1OC. The summed E-state index contributed by atoms with van der Waals surface area (Å²) in [5, 5.41) is 2.94. The molecule has 2 heterocycles. The predicted molar refractivity (Wildman–Crippen MR) is 137 cm³/mol. The zero-order valence-corrected chi connectivity index (χ0v) is 22.2. The lowest BCUT2D eigenvalue weighted by Gasteiger charge is -2.40. The molecular formula is C27H38N4O6. The van der Waals surface area contributed by atoms with Crippen molar-refractivity contribution in [1.29, 1.82) is 0 Å². The Labute approximate surface area is 218 Å². The van der Waals surface area contributed by atoms with E-state index in [2.05, 4.69) is 10.2 Å². The number of ether oxygens (including phenoxy) is 3. The monoisotopic (exact) mass is 514 g/mol. The Kier molecular flexibility index (Phi) is 8.58. The first-order valence-corrected chi connectivity index (χ1v) is 13.1. The first-order valence-electron chi connectivity index (χ1n) is 13.1. The molecule has 1 saturated heterocycles. The molecule has 10 nitrogen and oxygen atoms in total. The number of nitrogens with one attached hydrogen (secondary N) is 1. The van der Waals surface area contributed by atoms with Crippen LogP contribution in [0.25, 0.3) is 0 Å². The Hall–Kier alpha value is -3.27. The van der Waals surface area contributed by atoms with E-state index in [9.17, 15) is 14.4 Å². The summed E-state index contributed by atoms with van der Waals surface area (Å²) in [5.74, 6) is 0.884. The lowest BCUT2D eigenvalue weighted by molar-refractivity contribution is -0.139. The average Bonchev–Trinajstić information content (AvgIpc) is 3.46. The number of amides is 3. The van der Waals surface area contributed by atoms with Crippen LogP contribution in [0.3, 0.4) is 0 Å². The van der Waals surface area contributed by atoms with Crippen molar-refractivity contribution in [2.45, 2.75) is 38.6 Å². The van der Waals surface area contributed by atoms with Crippen molar-refractivity contribution in [3.63, 3.8) is 0 Å². The Bertz CT molecular complexity index is 1040. The molecule has 1 aliphatic carbocycles. The Morgan fingerprint density at radius 2 is 1.76 bits per heavy atom. The first-order chi connectivity index (χ1) is 17.9. The zero-order chi connectivity index (χ0) is 26.5. The van der Waals surface area contributed by atoms with E-state index < -0.39 is 12.0 Å². The van der Waals surface area contributed by atoms with Crippen LogP contribution >= 0.6 is 0 Å². The zero-order valence-electron chi connectivity index (χ0n) is 22.2. The maximum Gasteiger partial charge on any atom is 0.338 e. The van der Waals surface area contributed by atoms with Gasteiger partial charge in [-0.05, 0) is 25.8 Å². The smallest absolute Gasteiger partial charge is 0.338 e. The van der Waals surface area contributed by atoms with Crippen molar-refractivity contribution in [1.82, 2.24) is 20.0 Å². The minimum Gasteiger partial charge on any atom is -0.493 e. The number of para-hydroxylation sites is 1. The summed E-state index contributed by atoms with van der Waals surface area (Å²) in [5.41, 5.74) is 1.54. The summed E-state index contributed by atoms with van der Waals surface area (Å²) >= 11 is 0. The fourth-order valence-corrected chi connectivity index (χ4v) is 5.54. The second-order valence-electron chi connectivity index (χ2n) is 9.69. The topological polar surface area (TPSA) is 101 Å². The van der Waals surface area contributed by atoms with Gasteiger partial charge in [-0.15, -0.1) is 0 Å². The molecule has 10 heteroatoms. The maximum atomic E-state index is 13.3. The highest BCUT2D eigenvalue weighted by atomic mass is 16.5. The van der Waals surface area contributed by atoms with Gasteiger partial charge >= 0.3 is 12.0 Å². The average molecular weight is 515 g/mol. The summed E-state index contributed by atoms with van der Waals surface area (Å²) in [6.07, 6.45) is 4.25. The molecule has 0 bridgehead atoms. The molecule has 1 aromatic rings. The molecule has 1 aromatic carbocycles. The van der Waals surface area contributed by atoms with Crippen molar-refractivity contribution >= 4 is 17.9 Å². The van der Waals surface area contributed by atoms with Gasteiger partial charge in [0.05, 0.1) is 32.4 Å². The summed E-state index contributed by atoms with van der Waals surface area (Å²) in [4.78, 5) is 44.9. The van der Waals surface area contributed by atoms with Crippen LogP contribution < -0.4 is 14.8 Å². The second-order valence-corrected chi connectivity index (χ2v) is 9.69. The molecule has 0 spiro atoms. The molecule has 4 rings (SSSR count). The van der Waals surface area contributed by atoms with E-state index in [4.69, 9.17) is 14.2 Å². The standard InChI is InChI=1S/C27H38N4O6/c1-5-37-26(33)22-20(17-30-13-15-31(16-14-30)25(32)18-9-6-7-10-18)29(2)27(34)28-23(22)19-11-8-12-21(35-3)24(19)36-4/h8,11-12,18,23H,5-7,9-10,13-17H2,1-4H3,(H,28,34). The van der Waals surface area contributed by atoms with Crippen LogP contribution in [0, 0.1) is 5.92 Å². The molecule has 37 heavy (non-hydrogen) atoms. The van der Waals surface area contributed by atoms with E-state index in [1.165, 1.54) is 12.0 Å². The van der Waals surface area contributed by atoms with Crippen molar-refractivity contribution < 1.29 is 28.6 Å². The lowest BCUT2D eigenvalue weighted by atomic mass is 9.93. The molecule has 2 fully saturated rings. The maximum absolute atomic E-state index is 13.3. The molecule has 0 aromatic heterocycles. The van der Waals surface area contributed by atoms with Gasteiger partial charge in [-0.25, -0.2) is 9.59 Å². The minimum atomic E-state index is -0.770. The van der Waals surface area contributed by atoms with Gasteiger partial charge in [0.15, 0.2) is 11.5 Å². The lowest BCUT2D eigenvalue weighted by Crippen LogP contribution is -2.53. The molecule has 1 N–H and O–H groups in total. The fourth-order valence-electron chi connectivity index (χ4n) is 5.54. The van der Waals surface area contributed by atoms with Gasteiger partial charge in [-0.1, -0.05) is 25.0 Å². The Balaban J connectivity index is 1.62. The summed E-state index contributed by atoms with van der Waals surface area (Å²) in [6.45, 7) is 4.95. The largest absolute Gasteiger partial charge is 0.493 e. The third-order valence-electron chi connectivity index (χ3n) is 7.58. The summed E-state index contributed by atoms with van der Waals surface area (Å²) < 4.78 is 16.5. The number of rotatable bonds is 8. The molecule has 1 unspecified atom stereocenters. The van der Waals surface area contributed by atoms with E-state index in [0.29, 0.717) is 61.1 Å². The summed E-state index contributed by atoms with van der Waals surface area (Å²) in [7, 11) is 4.72. The van der Waals surface area contributed by atoms with Gasteiger partial charge < -0.3 is 24.4 Å². The van der Waals surface area contributed by atoms with Crippen molar-refractivity contribution in [3.05, 3.63) is 35.0 Å². The molecule has 2 aliphatic heterocycles. The van der Waals surface area contributed by atoms with E-state index in [1.807, 2.05) is 11.0 Å². The third-order valence-corrected chi connectivity index (χ3v) is 7.58. The molecular weight excluding hydrogens is 476 g/mol. The van der Waals surface area contributed by atoms with Crippen LogP contribution in [0.1, 0.15) is 44.2 Å². The molecule has 202 valence electrons. The number of likely N-dealkylation sites (N-methyl/N-ethyl adjacent to an activating group) is 1. The predicted octanol–water partition coefficient (Wildman–Crippen LogP) is 2.55. The minimum absolute atomic E-state index is 0.163. The van der Waals surface area contributed by atoms with Gasteiger partial charge in [0.1, 0.15) is 0 Å². The molecule has 3 aliphatic rings. The van der Waals surface area contributed by atoms with Crippen LogP contribution in [-0.2, 0) is 14.3 Å². The molecule has 3 amide bonds. The van der Waals surface area contributed by atoms with Crippen LogP contribution in [0.15, 0.2) is 29.5 Å². The number of urea groups is 1. The van der Waals surface area contributed by atoms with Gasteiger partial charge in [0.25, 0.3) is 0 Å². The molecule has 1 atom stereocenters. The van der Waals surface area contributed by atoms with Gasteiger partial charge in [-0.3, -0.25) is 14.6 Å². The highest BCUT2D eigenvalue weighted by molar-refractivity contribution is 5.95. The summed E-state index contributed by atoms with van der Waals surface area (Å²) in [6, 6.07) is 4.27.